The van der Waals surface area contributed by atoms with E-state index in [2.05, 4.69) is 27.7 Å². The van der Waals surface area contributed by atoms with E-state index in [0.717, 1.165) is 6.20 Å². The van der Waals surface area contributed by atoms with Crippen molar-refractivity contribution in [3.63, 3.8) is 0 Å². The summed E-state index contributed by atoms with van der Waals surface area (Å²) in [4.78, 5) is 0. The fraction of sp³-hybridized carbons (Fsp3) is 0.250. The van der Waals surface area contributed by atoms with Crippen LogP contribution in [0.1, 0.15) is 6.42 Å². The minimum absolute atomic E-state index is 0.314. The first-order valence-corrected chi connectivity index (χ1v) is 5.81. The quantitative estimate of drug-likeness (QED) is 0.583. The van der Waals surface area contributed by atoms with Gasteiger partial charge in [0.25, 0.3) is 0 Å². The molecule has 0 aliphatic carbocycles. The SMILES string of the molecule is C=C1/C=C\C(C2NC=C(C(F)(F)F)N2)=C/C/C(N)=N\N1. The predicted molar refractivity (Wildman–Crippen MR) is 69.9 cm³/mol. The van der Waals surface area contributed by atoms with Crippen LogP contribution in [0.3, 0.4) is 0 Å². The predicted octanol–water partition coefficient (Wildman–Crippen LogP) is 1.17. The third-order valence-corrected chi connectivity index (χ3v) is 2.70. The molecule has 2 aliphatic rings. The Morgan fingerprint density at radius 2 is 2.10 bits per heavy atom. The number of hydrogen-bond donors (Lipinski definition) is 4. The maximum atomic E-state index is 12.6. The molecule has 0 aromatic rings. The molecule has 1 unspecified atom stereocenters. The Labute approximate surface area is 113 Å². The van der Waals surface area contributed by atoms with Crippen molar-refractivity contribution in [1.29, 1.82) is 0 Å². The highest BCUT2D eigenvalue weighted by atomic mass is 19.4. The smallest absolute Gasteiger partial charge is 0.385 e. The lowest BCUT2D eigenvalue weighted by molar-refractivity contribution is -0.0960. The van der Waals surface area contributed by atoms with E-state index in [1.165, 1.54) is 0 Å². The van der Waals surface area contributed by atoms with Crippen LogP contribution < -0.4 is 21.8 Å². The zero-order chi connectivity index (χ0) is 14.8. The van der Waals surface area contributed by atoms with Crippen LogP contribution in [-0.2, 0) is 0 Å². The summed E-state index contributed by atoms with van der Waals surface area (Å²) in [5.41, 5.74) is 8.56. The summed E-state index contributed by atoms with van der Waals surface area (Å²) < 4.78 is 37.7. The van der Waals surface area contributed by atoms with E-state index in [9.17, 15) is 13.2 Å². The van der Waals surface area contributed by atoms with Crippen LogP contribution >= 0.6 is 0 Å². The second-order valence-electron chi connectivity index (χ2n) is 4.28. The first-order chi connectivity index (χ1) is 9.36. The van der Waals surface area contributed by atoms with Gasteiger partial charge in [0, 0.05) is 18.3 Å². The van der Waals surface area contributed by atoms with Crippen molar-refractivity contribution in [2.45, 2.75) is 18.8 Å². The highest BCUT2D eigenvalue weighted by molar-refractivity contribution is 5.81. The van der Waals surface area contributed by atoms with Gasteiger partial charge in [-0.3, -0.25) is 5.43 Å². The lowest BCUT2D eigenvalue weighted by atomic mass is 10.1. The van der Waals surface area contributed by atoms with E-state index in [1.807, 2.05) is 0 Å². The molecule has 0 saturated heterocycles. The van der Waals surface area contributed by atoms with E-state index in [-0.39, 0.29) is 0 Å². The molecule has 2 rings (SSSR count). The number of nitrogens with zero attached hydrogens (tertiary/aromatic N) is 1. The number of amidine groups is 1. The molecular weight excluding hydrogens is 271 g/mol. The highest BCUT2D eigenvalue weighted by Gasteiger charge is 2.38. The zero-order valence-electron chi connectivity index (χ0n) is 10.5. The number of nitrogens with two attached hydrogens (primary N) is 1. The van der Waals surface area contributed by atoms with Crippen LogP contribution in [0.2, 0.25) is 0 Å². The first-order valence-electron chi connectivity index (χ1n) is 5.81. The second kappa shape index (κ2) is 5.32. The van der Waals surface area contributed by atoms with Crippen molar-refractivity contribution >= 4 is 5.84 Å². The molecule has 0 aromatic carbocycles. The molecule has 0 amide bonds. The Morgan fingerprint density at radius 1 is 1.35 bits per heavy atom. The summed E-state index contributed by atoms with van der Waals surface area (Å²) in [6.07, 6.45) is 1.13. The number of alkyl halides is 3. The molecule has 0 bridgehead atoms. The molecule has 2 heterocycles. The minimum Gasteiger partial charge on any atom is -0.385 e. The van der Waals surface area contributed by atoms with Gasteiger partial charge in [-0.2, -0.15) is 18.3 Å². The maximum absolute atomic E-state index is 12.6. The number of hydrogen-bond acceptors (Lipinski definition) is 5. The Morgan fingerprint density at radius 3 is 2.75 bits per heavy atom. The van der Waals surface area contributed by atoms with E-state index in [1.54, 1.807) is 18.2 Å². The normalized spacial score (nSPS) is 30.1. The molecular formula is C12H14F3N5. The van der Waals surface area contributed by atoms with Gasteiger partial charge in [0.1, 0.15) is 17.7 Å². The Bertz CT molecular complexity index is 528. The number of nitrogens with one attached hydrogen (secondary N) is 3. The maximum Gasteiger partial charge on any atom is 0.432 e. The molecule has 2 aliphatic heterocycles. The molecule has 1 atom stereocenters. The van der Waals surface area contributed by atoms with Gasteiger partial charge in [0.15, 0.2) is 0 Å². The summed E-state index contributed by atoms with van der Waals surface area (Å²) in [5.74, 6) is 0.314. The summed E-state index contributed by atoms with van der Waals surface area (Å²) in [5, 5.41) is 8.87. The van der Waals surface area contributed by atoms with Crippen molar-refractivity contribution in [2.24, 2.45) is 10.8 Å². The Hall–Kier alpha value is -2.38. The zero-order valence-corrected chi connectivity index (χ0v) is 10.5. The summed E-state index contributed by atoms with van der Waals surface area (Å²) >= 11 is 0. The molecule has 20 heavy (non-hydrogen) atoms. The monoisotopic (exact) mass is 285 g/mol. The van der Waals surface area contributed by atoms with Crippen LogP contribution in [0.15, 0.2) is 53.1 Å². The first kappa shape index (κ1) is 14.0. The van der Waals surface area contributed by atoms with Crippen LogP contribution in [0.4, 0.5) is 13.2 Å². The molecule has 8 heteroatoms. The fourth-order valence-corrected chi connectivity index (χ4v) is 1.68. The number of allylic oxidation sites excluding steroid dienone is 2. The van der Waals surface area contributed by atoms with Crippen LogP contribution in [-0.4, -0.2) is 18.2 Å². The standard InChI is InChI=1S/C12H14F3N5/c1-7-2-3-8(4-5-10(16)20-19-7)11-17-6-9(18-11)12(13,14)15/h2-4,6,11,17-19H,1,5H2,(H2,16,20)/b3-2-,8-4+. The Kier molecular flexibility index (Phi) is 3.73. The van der Waals surface area contributed by atoms with Crippen molar-refractivity contribution in [1.82, 2.24) is 16.1 Å². The molecule has 0 radical (unpaired) electrons. The van der Waals surface area contributed by atoms with Gasteiger partial charge in [-0.1, -0.05) is 18.7 Å². The van der Waals surface area contributed by atoms with Gasteiger partial charge in [-0.05, 0) is 11.6 Å². The van der Waals surface area contributed by atoms with E-state index in [4.69, 9.17) is 5.73 Å². The van der Waals surface area contributed by atoms with Gasteiger partial charge < -0.3 is 16.4 Å². The molecule has 5 nitrogen and oxygen atoms in total. The van der Waals surface area contributed by atoms with Crippen molar-refractivity contribution in [2.75, 3.05) is 0 Å². The molecule has 5 N–H and O–H groups in total. The summed E-state index contributed by atoms with van der Waals surface area (Å²) in [6, 6.07) is 0. The van der Waals surface area contributed by atoms with Crippen LogP contribution in [0.5, 0.6) is 0 Å². The molecule has 0 aromatic heterocycles. The summed E-state index contributed by atoms with van der Waals surface area (Å²) in [7, 11) is 0. The van der Waals surface area contributed by atoms with Crippen LogP contribution in [0, 0.1) is 0 Å². The number of halogens is 3. The van der Waals surface area contributed by atoms with Gasteiger partial charge in [0.2, 0.25) is 0 Å². The van der Waals surface area contributed by atoms with Gasteiger partial charge in [-0.25, -0.2) is 0 Å². The number of rotatable bonds is 1. The van der Waals surface area contributed by atoms with Gasteiger partial charge >= 0.3 is 6.18 Å². The average molecular weight is 285 g/mol. The van der Waals surface area contributed by atoms with Gasteiger partial charge in [-0.15, -0.1) is 0 Å². The topological polar surface area (TPSA) is 74.5 Å². The Balaban J connectivity index is 2.14. The minimum atomic E-state index is -4.41. The molecule has 108 valence electrons. The highest BCUT2D eigenvalue weighted by Crippen LogP contribution is 2.26. The molecule has 0 fully saturated rings. The van der Waals surface area contributed by atoms with Crippen molar-refractivity contribution in [3.8, 4) is 0 Å². The lowest BCUT2D eigenvalue weighted by Crippen LogP contribution is -2.36. The van der Waals surface area contributed by atoms with Crippen molar-refractivity contribution in [3.05, 3.63) is 48.0 Å². The molecule has 0 saturated carbocycles. The lowest BCUT2D eigenvalue weighted by Gasteiger charge is -2.16. The van der Waals surface area contributed by atoms with Crippen molar-refractivity contribution < 1.29 is 13.2 Å². The molecule has 0 spiro atoms. The number of hydrazone groups is 1. The van der Waals surface area contributed by atoms with E-state index >= 15 is 0 Å². The van der Waals surface area contributed by atoms with E-state index < -0.39 is 18.0 Å². The largest absolute Gasteiger partial charge is 0.432 e. The fourth-order valence-electron chi connectivity index (χ4n) is 1.68. The second-order valence-corrected chi connectivity index (χ2v) is 4.28. The van der Waals surface area contributed by atoms with Crippen LogP contribution in [0.25, 0.3) is 0 Å². The average Bonchev–Trinajstić information content (AvgIpc) is 2.86. The van der Waals surface area contributed by atoms with Gasteiger partial charge in [0.05, 0.1) is 0 Å². The third kappa shape index (κ3) is 3.34. The third-order valence-electron chi connectivity index (χ3n) is 2.70. The van der Waals surface area contributed by atoms with E-state index in [0.29, 0.717) is 23.5 Å². The summed E-state index contributed by atoms with van der Waals surface area (Å²) in [6.45, 7) is 3.69.